The Hall–Kier alpha value is -0.683. The Morgan fingerprint density at radius 2 is 1.12 bits per heavy atom. The first-order valence-corrected chi connectivity index (χ1v) is 11.1. The van der Waals surface area contributed by atoms with Gasteiger partial charge in [-0.15, -0.1) is 0 Å². The minimum atomic E-state index is 1.01. The van der Waals surface area contributed by atoms with Crippen molar-refractivity contribution in [3.05, 3.63) is 35.9 Å². The monoisotopic (exact) mass is 349 g/mol. The molecule has 0 atom stereocenters. The minimum Gasteiger partial charge on any atom is -0.313 e. The van der Waals surface area contributed by atoms with Crippen LogP contribution >= 0.6 is 0 Å². The molecule has 0 fully saturated rings. The third-order valence-corrected chi connectivity index (χ3v) is 4.86. The topological polar surface area (TPSA) is 36.1 Å². The quantitative estimate of drug-likeness (QED) is 0.229. The lowest BCUT2D eigenvalue weighted by Crippen LogP contribution is -2.29. The van der Waals surface area contributed by atoms with Crippen molar-refractivity contribution in [1.29, 1.82) is 0 Å². The second-order valence-electron chi connectivity index (χ2n) is 6.73. The van der Waals surface area contributed by atoms with Crippen molar-refractivity contribution in [3.8, 4) is 0 Å². The van der Waals surface area contributed by atoms with E-state index < -0.39 is 0 Å². The minimum absolute atomic E-state index is 1.01. The van der Waals surface area contributed by atoms with E-state index in [2.05, 4.69) is 46.2 Å². The SMILES string of the molecule is [SiH3]NNCCCCCCCCCCCCCNCc1ccccc1. The van der Waals surface area contributed by atoms with E-state index in [9.17, 15) is 0 Å². The van der Waals surface area contributed by atoms with Crippen LogP contribution < -0.4 is 15.8 Å². The van der Waals surface area contributed by atoms with E-state index in [-0.39, 0.29) is 0 Å². The van der Waals surface area contributed by atoms with Crippen molar-refractivity contribution in [1.82, 2.24) is 15.8 Å². The van der Waals surface area contributed by atoms with Crippen LogP contribution in [0.15, 0.2) is 30.3 Å². The van der Waals surface area contributed by atoms with Crippen LogP contribution in [0.1, 0.15) is 76.2 Å². The molecule has 1 aromatic rings. The van der Waals surface area contributed by atoms with E-state index >= 15 is 0 Å². The number of hydrazine groups is 1. The van der Waals surface area contributed by atoms with Gasteiger partial charge in [0, 0.05) is 13.1 Å². The third kappa shape index (κ3) is 13.7. The number of hydrogen-bond donors (Lipinski definition) is 3. The predicted octanol–water partition coefficient (Wildman–Crippen LogP) is 3.44. The standard InChI is InChI=1S/C20H39N3Si/c24-23-22-18-14-9-7-5-3-1-2-4-6-8-13-17-21-19-20-15-11-10-12-16-20/h10-12,15-16,21-23H,1-9,13-14,17-19H2,24H3. The van der Waals surface area contributed by atoms with Crippen LogP contribution in [-0.2, 0) is 6.54 Å². The number of unbranched alkanes of at least 4 members (excludes halogenated alkanes) is 10. The molecule has 0 spiro atoms. The van der Waals surface area contributed by atoms with Crippen molar-refractivity contribution in [2.45, 2.75) is 77.2 Å². The van der Waals surface area contributed by atoms with Crippen LogP contribution in [0.25, 0.3) is 0 Å². The van der Waals surface area contributed by atoms with Gasteiger partial charge in [-0.3, -0.25) is 10.5 Å². The summed E-state index contributed by atoms with van der Waals surface area (Å²) in [5.41, 5.74) is 4.59. The molecule has 24 heavy (non-hydrogen) atoms. The lowest BCUT2D eigenvalue weighted by molar-refractivity contribution is 0.529. The molecule has 0 heterocycles. The molecule has 0 aliphatic heterocycles. The highest BCUT2D eigenvalue weighted by atomic mass is 28.2. The van der Waals surface area contributed by atoms with Gasteiger partial charge < -0.3 is 5.32 Å². The lowest BCUT2D eigenvalue weighted by Gasteiger charge is -2.05. The average Bonchev–Trinajstić information content (AvgIpc) is 2.62. The fraction of sp³-hybridized carbons (Fsp3) is 0.700. The van der Waals surface area contributed by atoms with Crippen LogP contribution in [0.3, 0.4) is 0 Å². The molecule has 0 aliphatic rings. The number of benzene rings is 1. The van der Waals surface area contributed by atoms with E-state index in [1.54, 1.807) is 0 Å². The van der Waals surface area contributed by atoms with Crippen molar-refractivity contribution >= 4 is 10.4 Å². The van der Waals surface area contributed by atoms with Gasteiger partial charge in [-0.1, -0.05) is 88.1 Å². The Morgan fingerprint density at radius 3 is 1.67 bits per heavy atom. The average molecular weight is 350 g/mol. The number of rotatable bonds is 17. The summed E-state index contributed by atoms with van der Waals surface area (Å²) in [4.78, 5) is 0. The highest BCUT2D eigenvalue weighted by molar-refractivity contribution is 6.03. The molecule has 0 unspecified atom stereocenters. The molecule has 0 saturated heterocycles. The summed E-state index contributed by atoms with van der Waals surface area (Å²) in [5, 5.41) is 6.65. The first kappa shape index (κ1) is 21.4. The van der Waals surface area contributed by atoms with E-state index in [1.807, 2.05) is 0 Å². The maximum Gasteiger partial charge on any atom is 0.0942 e. The molecule has 0 aliphatic carbocycles. The molecular weight excluding hydrogens is 310 g/mol. The molecule has 0 aromatic heterocycles. The number of nitrogens with one attached hydrogen (secondary N) is 3. The second kappa shape index (κ2) is 17.2. The molecule has 138 valence electrons. The zero-order chi connectivity index (χ0) is 17.1. The van der Waals surface area contributed by atoms with Crippen molar-refractivity contribution in [2.24, 2.45) is 0 Å². The first-order valence-electron chi connectivity index (χ1n) is 10.1. The Labute approximate surface area is 152 Å². The van der Waals surface area contributed by atoms with Gasteiger partial charge in [0.2, 0.25) is 0 Å². The van der Waals surface area contributed by atoms with E-state index in [1.165, 1.54) is 76.2 Å². The van der Waals surface area contributed by atoms with Gasteiger partial charge in [0.1, 0.15) is 0 Å². The van der Waals surface area contributed by atoms with Gasteiger partial charge in [0.25, 0.3) is 0 Å². The summed E-state index contributed by atoms with van der Waals surface area (Å²) in [5.74, 6) is 0. The van der Waals surface area contributed by atoms with Crippen LogP contribution in [0, 0.1) is 0 Å². The molecule has 0 radical (unpaired) electrons. The molecule has 3 N–H and O–H groups in total. The fourth-order valence-electron chi connectivity index (χ4n) is 3.01. The Kier molecular flexibility index (Phi) is 15.3. The molecule has 1 rings (SSSR count). The number of hydrogen-bond acceptors (Lipinski definition) is 3. The Balaban J connectivity index is 1.70. The summed E-state index contributed by atoms with van der Waals surface area (Å²) < 4.78 is 0. The first-order chi connectivity index (χ1) is 11.9. The van der Waals surface area contributed by atoms with Crippen LogP contribution in [0.5, 0.6) is 0 Å². The summed E-state index contributed by atoms with van der Waals surface area (Å²) in [6, 6.07) is 10.7. The zero-order valence-corrected chi connectivity index (χ0v) is 17.8. The molecule has 4 heteroatoms. The van der Waals surface area contributed by atoms with Crippen LogP contribution in [0.2, 0.25) is 0 Å². The van der Waals surface area contributed by atoms with Gasteiger partial charge in [-0.05, 0) is 24.9 Å². The zero-order valence-electron chi connectivity index (χ0n) is 15.8. The van der Waals surface area contributed by atoms with Gasteiger partial charge in [0.15, 0.2) is 0 Å². The molecule has 3 nitrogen and oxygen atoms in total. The molecule has 1 aromatic carbocycles. The second-order valence-corrected chi connectivity index (χ2v) is 7.23. The molecular formula is C20H39N3Si. The van der Waals surface area contributed by atoms with E-state index in [4.69, 9.17) is 0 Å². The summed E-state index contributed by atoms with van der Waals surface area (Å²) >= 11 is 0. The van der Waals surface area contributed by atoms with Crippen molar-refractivity contribution in [3.63, 3.8) is 0 Å². The van der Waals surface area contributed by atoms with Crippen molar-refractivity contribution in [2.75, 3.05) is 13.1 Å². The Bertz CT molecular complexity index is 359. The molecule has 0 bridgehead atoms. The van der Waals surface area contributed by atoms with E-state index in [0.29, 0.717) is 0 Å². The van der Waals surface area contributed by atoms with Gasteiger partial charge in [-0.25, -0.2) is 0 Å². The normalized spacial score (nSPS) is 11.2. The smallest absolute Gasteiger partial charge is 0.0942 e. The molecule has 0 amide bonds. The summed E-state index contributed by atoms with van der Waals surface area (Å²) in [6.07, 6.45) is 15.4. The maximum absolute atomic E-state index is 3.54. The fourth-order valence-corrected chi connectivity index (χ4v) is 3.26. The largest absolute Gasteiger partial charge is 0.313 e. The van der Waals surface area contributed by atoms with Gasteiger partial charge in [0.05, 0.1) is 10.4 Å². The third-order valence-electron chi connectivity index (χ3n) is 4.50. The van der Waals surface area contributed by atoms with Crippen LogP contribution in [-0.4, -0.2) is 23.5 Å². The van der Waals surface area contributed by atoms with E-state index in [0.717, 1.165) is 30.0 Å². The molecule has 0 saturated carbocycles. The van der Waals surface area contributed by atoms with Crippen molar-refractivity contribution < 1.29 is 0 Å². The summed E-state index contributed by atoms with van der Waals surface area (Å²) in [6.45, 7) is 3.29. The highest BCUT2D eigenvalue weighted by Gasteiger charge is 1.94. The lowest BCUT2D eigenvalue weighted by atomic mass is 10.1. The maximum atomic E-state index is 3.54. The highest BCUT2D eigenvalue weighted by Crippen LogP contribution is 2.11. The van der Waals surface area contributed by atoms with Crippen LogP contribution in [0.4, 0.5) is 0 Å². The summed E-state index contributed by atoms with van der Waals surface area (Å²) in [7, 11) is 1.04. The van der Waals surface area contributed by atoms with Gasteiger partial charge in [-0.2, -0.15) is 0 Å². The Morgan fingerprint density at radius 1 is 0.625 bits per heavy atom. The van der Waals surface area contributed by atoms with Gasteiger partial charge >= 0.3 is 0 Å². The predicted molar refractivity (Wildman–Crippen MR) is 110 cm³/mol.